The molecule has 3 heterocycles. The number of nitrogen functional groups attached to an aromatic ring is 1. The van der Waals surface area contributed by atoms with E-state index in [9.17, 15) is 33.1 Å². The van der Waals surface area contributed by atoms with E-state index in [0.29, 0.717) is 31.3 Å². The van der Waals surface area contributed by atoms with E-state index >= 15 is 4.39 Å². The Balaban J connectivity index is 0.000000507. The fourth-order valence-electron chi connectivity index (χ4n) is 4.03. The number of carbonyl (C=O) groups is 3. The van der Waals surface area contributed by atoms with Gasteiger partial charge in [-0.1, -0.05) is 13.8 Å². The van der Waals surface area contributed by atoms with Gasteiger partial charge in [0.15, 0.2) is 23.3 Å². The topological polar surface area (TPSA) is 188 Å². The average molecular weight is 642 g/mol. The lowest BCUT2D eigenvalue weighted by Gasteiger charge is -2.43. The highest BCUT2D eigenvalue weighted by Gasteiger charge is 2.32. The summed E-state index contributed by atoms with van der Waals surface area (Å²) in [7, 11) is 0. The van der Waals surface area contributed by atoms with Gasteiger partial charge >= 0.3 is 17.9 Å². The van der Waals surface area contributed by atoms with E-state index < -0.39 is 58.0 Å². The van der Waals surface area contributed by atoms with Crippen LogP contribution < -0.4 is 21.4 Å². The maximum absolute atomic E-state index is 15.1. The van der Waals surface area contributed by atoms with Crippen LogP contribution in [0.3, 0.4) is 0 Å². The number of pyridine rings is 2. The molecule has 41 heavy (non-hydrogen) atoms. The molecule has 1 saturated heterocycles. The summed E-state index contributed by atoms with van der Waals surface area (Å²) in [4.78, 5) is 49.0. The van der Waals surface area contributed by atoms with Gasteiger partial charge in [-0.2, -0.15) is 0 Å². The van der Waals surface area contributed by atoms with E-state index in [2.05, 4.69) is 26.2 Å². The number of fused-ring (bicyclic) bond motifs is 1. The number of nitrogens with zero attached hydrogens (tertiary/aromatic N) is 3. The molecular formula is C25H23BrF3N5O7. The molecule has 0 atom stereocenters. The maximum Gasteiger partial charge on any atom is 0.341 e. The van der Waals surface area contributed by atoms with Crippen LogP contribution in [0.5, 0.6) is 0 Å². The molecule has 16 heteroatoms. The van der Waals surface area contributed by atoms with Crippen molar-refractivity contribution in [2.24, 2.45) is 0 Å². The van der Waals surface area contributed by atoms with Crippen molar-refractivity contribution in [2.45, 2.75) is 25.9 Å². The molecular weight excluding hydrogens is 619 g/mol. The van der Waals surface area contributed by atoms with E-state index in [1.54, 1.807) is 4.90 Å². The minimum Gasteiger partial charge on any atom is -0.478 e. The monoisotopic (exact) mass is 641 g/mol. The van der Waals surface area contributed by atoms with Crippen molar-refractivity contribution in [3.05, 3.63) is 68.2 Å². The zero-order valence-corrected chi connectivity index (χ0v) is 22.9. The molecule has 0 radical (unpaired) electrons. The predicted molar refractivity (Wildman–Crippen MR) is 145 cm³/mol. The minimum atomic E-state index is -1.60. The molecule has 2 aromatic heterocycles. The van der Waals surface area contributed by atoms with E-state index in [-0.39, 0.29) is 33.1 Å². The third kappa shape index (κ3) is 6.83. The highest BCUT2D eigenvalue weighted by molar-refractivity contribution is 9.10. The number of hydrogen-bond donors (Lipinski definition) is 5. The molecule has 218 valence electrons. The quantitative estimate of drug-likeness (QED) is 0.239. The van der Waals surface area contributed by atoms with Crippen molar-refractivity contribution in [1.82, 2.24) is 14.9 Å². The number of carboxylic acids is 3. The van der Waals surface area contributed by atoms with Crippen LogP contribution in [-0.2, 0) is 9.59 Å². The van der Waals surface area contributed by atoms with Crippen LogP contribution in [0.2, 0.25) is 0 Å². The first-order valence-corrected chi connectivity index (χ1v) is 12.5. The first-order chi connectivity index (χ1) is 19.1. The number of carboxylic acid groups (broad SMARTS) is 3. The number of anilines is 2. The van der Waals surface area contributed by atoms with Crippen LogP contribution in [0.1, 0.15) is 24.2 Å². The fourth-order valence-corrected chi connectivity index (χ4v) is 4.88. The Morgan fingerprint density at radius 1 is 1.07 bits per heavy atom. The van der Waals surface area contributed by atoms with E-state index in [1.165, 1.54) is 0 Å². The molecule has 0 unspecified atom stereocenters. The molecule has 0 saturated carbocycles. The third-order valence-corrected chi connectivity index (χ3v) is 6.44. The Morgan fingerprint density at radius 3 is 2.17 bits per heavy atom. The Labute approximate surface area is 237 Å². The van der Waals surface area contributed by atoms with Crippen LogP contribution in [0, 0.1) is 17.5 Å². The van der Waals surface area contributed by atoms with Gasteiger partial charge in [0.25, 0.3) is 0 Å². The largest absolute Gasteiger partial charge is 0.478 e. The van der Waals surface area contributed by atoms with Crippen LogP contribution >= 0.6 is 15.9 Å². The molecule has 4 rings (SSSR count). The zero-order chi connectivity index (χ0) is 30.8. The lowest BCUT2D eigenvalue weighted by Crippen LogP contribution is -2.59. The summed E-state index contributed by atoms with van der Waals surface area (Å²) in [5.74, 6) is -8.28. The number of nitrogens with two attached hydrogens (primary N) is 1. The van der Waals surface area contributed by atoms with E-state index in [0.717, 1.165) is 16.8 Å². The van der Waals surface area contributed by atoms with Gasteiger partial charge in [-0.05, 0) is 22.0 Å². The lowest BCUT2D eigenvalue weighted by atomic mass is 10.0. The predicted octanol–water partition coefficient (Wildman–Crippen LogP) is 2.74. The maximum atomic E-state index is 15.1. The van der Waals surface area contributed by atoms with Crippen molar-refractivity contribution < 1.29 is 42.9 Å². The Hall–Kier alpha value is -4.44. The van der Waals surface area contributed by atoms with Gasteiger partial charge in [0.05, 0.1) is 21.1 Å². The number of aromatic nitrogens is 2. The summed E-state index contributed by atoms with van der Waals surface area (Å²) in [5, 5.41) is 28.1. The smallest absolute Gasteiger partial charge is 0.341 e. The van der Waals surface area contributed by atoms with Gasteiger partial charge in [0.2, 0.25) is 5.43 Å². The van der Waals surface area contributed by atoms with Crippen LogP contribution in [0.15, 0.2) is 39.7 Å². The second-order valence-electron chi connectivity index (χ2n) is 9.06. The third-order valence-electron chi connectivity index (χ3n) is 5.69. The fraction of sp³-hybridized carbons (Fsp3) is 0.240. The van der Waals surface area contributed by atoms with Crippen LogP contribution in [0.4, 0.5) is 24.7 Å². The molecule has 0 spiro atoms. The van der Waals surface area contributed by atoms with Crippen LogP contribution in [-0.4, -0.2) is 68.0 Å². The molecule has 12 nitrogen and oxygen atoms in total. The first-order valence-electron chi connectivity index (χ1n) is 11.7. The Kier molecular flexibility index (Phi) is 9.39. The molecule has 6 N–H and O–H groups in total. The van der Waals surface area contributed by atoms with Crippen molar-refractivity contribution in [1.29, 1.82) is 0 Å². The normalized spacial score (nSPS) is 13.3. The number of rotatable bonds is 7. The van der Waals surface area contributed by atoms with Crippen molar-refractivity contribution in [3.8, 4) is 5.82 Å². The Morgan fingerprint density at radius 2 is 1.66 bits per heavy atom. The highest BCUT2D eigenvalue weighted by Crippen LogP contribution is 2.39. The van der Waals surface area contributed by atoms with Crippen LogP contribution in [0.25, 0.3) is 16.7 Å². The molecule has 0 amide bonds. The summed E-state index contributed by atoms with van der Waals surface area (Å²) in [6, 6.07) is 1.77. The molecule has 0 bridgehead atoms. The highest BCUT2D eigenvalue weighted by atomic mass is 79.9. The Bertz CT molecular complexity index is 1620. The molecule has 3 aromatic rings. The van der Waals surface area contributed by atoms with Crippen molar-refractivity contribution in [2.75, 3.05) is 23.7 Å². The van der Waals surface area contributed by atoms with E-state index in [1.807, 2.05) is 13.8 Å². The summed E-state index contributed by atoms with van der Waals surface area (Å²) in [6.45, 7) is 4.94. The van der Waals surface area contributed by atoms with E-state index in [4.69, 9.17) is 15.9 Å². The minimum absolute atomic E-state index is 0.0286. The van der Waals surface area contributed by atoms with Gasteiger partial charge in [0, 0.05) is 49.6 Å². The zero-order valence-electron chi connectivity index (χ0n) is 21.4. The number of aromatic carboxylic acids is 1. The summed E-state index contributed by atoms with van der Waals surface area (Å²) < 4.78 is 44.6. The van der Waals surface area contributed by atoms with Gasteiger partial charge < -0.3 is 31.3 Å². The average Bonchev–Trinajstić information content (AvgIpc) is 2.84. The van der Waals surface area contributed by atoms with Gasteiger partial charge in [-0.15, -0.1) is 0 Å². The first kappa shape index (κ1) is 31.1. The summed E-state index contributed by atoms with van der Waals surface area (Å²) in [5.41, 5.74) is 3.89. The molecule has 0 aliphatic carbocycles. The number of benzene rings is 1. The molecule has 1 fully saturated rings. The van der Waals surface area contributed by atoms with Gasteiger partial charge in [-0.25, -0.2) is 32.5 Å². The lowest BCUT2D eigenvalue weighted by molar-refractivity contribution is -0.134. The van der Waals surface area contributed by atoms with Crippen molar-refractivity contribution in [3.63, 3.8) is 0 Å². The van der Waals surface area contributed by atoms with Gasteiger partial charge in [0.1, 0.15) is 11.4 Å². The standard InChI is InChI=1S/C21H19BrF3N5O3.C4H4O4/c1-8(2)27-9-5-29(6-9)17-12(23)3-10-16(15(17)22)30(7-11(18(10)31)21(32)33)20-14(25)4-13(24)19(26)28-20;5-3(6)1-2-4(7)8/h3-4,7-9,27H,5-6H2,1-2H3,(H2,26,28)(H,32,33);1-2H,(H,5,6)(H,7,8)/b;2-1-. The SMILES string of the molecule is CC(C)NC1CN(c2c(F)cc3c(=O)c(C(=O)O)cn(-c4nc(N)c(F)cc4F)c3c2Br)C1.O=C(O)/C=C\C(=O)O. The number of hydrogen-bond acceptors (Lipinski definition) is 8. The second kappa shape index (κ2) is 12.4. The molecule has 1 aliphatic heterocycles. The number of nitrogens with one attached hydrogen (secondary N) is 1. The number of halogens is 4. The van der Waals surface area contributed by atoms with Gasteiger partial charge in [-0.3, -0.25) is 9.36 Å². The number of aliphatic carboxylic acids is 2. The summed E-state index contributed by atoms with van der Waals surface area (Å²) >= 11 is 3.32. The second-order valence-corrected chi connectivity index (χ2v) is 9.85. The van der Waals surface area contributed by atoms with Crippen molar-refractivity contribution >= 4 is 56.2 Å². The molecule has 1 aliphatic rings. The summed E-state index contributed by atoms with van der Waals surface area (Å²) in [6.07, 6.45) is 1.98. The molecule has 1 aromatic carbocycles.